The quantitative estimate of drug-likeness (QED) is 0.308. The standard InChI is InChI=1S/C30H38O3/c1-3-22-10-12-24(13-11-22)25-14-16-26(17-15-25)28-19-18-27(32-4-2)20-29(28)30(31)33-21-23-8-6-5-7-9-23/h3,5-9,18-20,22,24-26H,1,4,10-17,21H2,2H3. The van der Waals surface area contributed by atoms with E-state index in [2.05, 4.69) is 18.7 Å². The molecule has 2 fully saturated rings. The second-order valence-corrected chi connectivity index (χ2v) is 9.77. The molecule has 2 aliphatic rings. The summed E-state index contributed by atoms with van der Waals surface area (Å²) in [5.41, 5.74) is 2.80. The van der Waals surface area contributed by atoms with Crippen LogP contribution in [0.5, 0.6) is 5.75 Å². The SMILES string of the molecule is C=CC1CCC(C2CCC(c3ccc(OCC)cc3C(=O)OCc3ccccc3)CC2)CC1. The Bertz CT molecular complexity index is 903. The molecule has 0 spiro atoms. The first kappa shape index (κ1) is 23.6. The number of ether oxygens (including phenoxy) is 2. The predicted octanol–water partition coefficient (Wildman–Crippen LogP) is 7.71. The summed E-state index contributed by atoms with van der Waals surface area (Å²) >= 11 is 0. The molecule has 2 aromatic rings. The van der Waals surface area contributed by atoms with Crippen LogP contribution >= 0.6 is 0 Å². The van der Waals surface area contributed by atoms with Crippen molar-refractivity contribution in [1.29, 1.82) is 0 Å². The smallest absolute Gasteiger partial charge is 0.338 e. The van der Waals surface area contributed by atoms with Crippen LogP contribution < -0.4 is 4.74 Å². The number of rotatable bonds is 8. The van der Waals surface area contributed by atoms with Gasteiger partial charge in [-0.15, -0.1) is 6.58 Å². The summed E-state index contributed by atoms with van der Waals surface area (Å²) in [4.78, 5) is 13.1. The molecule has 0 radical (unpaired) electrons. The van der Waals surface area contributed by atoms with Gasteiger partial charge in [-0.1, -0.05) is 42.5 Å². The third-order valence-electron chi connectivity index (χ3n) is 7.80. The highest BCUT2D eigenvalue weighted by molar-refractivity contribution is 5.92. The third kappa shape index (κ3) is 6.07. The van der Waals surface area contributed by atoms with Crippen molar-refractivity contribution in [2.75, 3.05) is 6.61 Å². The van der Waals surface area contributed by atoms with Gasteiger partial charge in [-0.25, -0.2) is 4.79 Å². The van der Waals surface area contributed by atoms with E-state index in [4.69, 9.17) is 9.47 Å². The average molecular weight is 447 g/mol. The van der Waals surface area contributed by atoms with E-state index in [1.54, 1.807) is 0 Å². The maximum absolute atomic E-state index is 13.1. The van der Waals surface area contributed by atoms with Gasteiger partial charge >= 0.3 is 5.97 Å². The fourth-order valence-electron chi connectivity index (χ4n) is 5.88. The summed E-state index contributed by atoms with van der Waals surface area (Å²) in [7, 11) is 0. The molecule has 0 amide bonds. The fraction of sp³-hybridized carbons (Fsp3) is 0.500. The Morgan fingerprint density at radius 3 is 2.24 bits per heavy atom. The van der Waals surface area contributed by atoms with Crippen LogP contribution in [0.25, 0.3) is 0 Å². The van der Waals surface area contributed by atoms with Crippen LogP contribution in [0.4, 0.5) is 0 Å². The van der Waals surface area contributed by atoms with Crippen molar-refractivity contribution in [3.63, 3.8) is 0 Å². The first-order valence-corrected chi connectivity index (χ1v) is 12.8. The summed E-state index contributed by atoms with van der Waals surface area (Å²) in [6.45, 7) is 6.82. The molecule has 0 atom stereocenters. The minimum atomic E-state index is -0.250. The Balaban J connectivity index is 1.42. The van der Waals surface area contributed by atoms with Crippen LogP contribution in [0.3, 0.4) is 0 Å². The van der Waals surface area contributed by atoms with Crippen LogP contribution in [-0.2, 0) is 11.3 Å². The molecule has 0 unspecified atom stereocenters. The number of carbonyl (C=O) groups is 1. The van der Waals surface area contributed by atoms with Gasteiger partial charge in [-0.2, -0.15) is 0 Å². The summed E-state index contributed by atoms with van der Waals surface area (Å²) in [5, 5.41) is 0. The van der Waals surface area contributed by atoms with Gasteiger partial charge < -0.3 is 9.47 Å². The van der Waals surface area contributed by atoms with E-state index in [0.29, 0.717) is 18.1 Å². The lowest BCUT2D eigenvalue weighted by Crippen LogP contribution is -2.25. The van der Waals surface area contributed by atoms with Crippen molar-refractivity contribution < 1.29 is 14.3 Å². The maximum Gasteiger partial charge on any atom is 0.338 e. The van der Waals surface area contributed by atoms with E-state index in [9.17, 15) is 4.79 Å². The molecule has 176 valence electrons. The zero-order valence-corrected chi connectivity index (χ0v) is 20.0. The molecule has 0 saturated heterocycles. The highest BCUT2D eigenvalue weighted by Crippen LogP contribution is 2.45. The summed E-state index contributed by atoms with van der Waals surface area (Å²) in [5.74, 6) is 3.34. The first-order valence-electron chi connectivity index (χ1n) is 12.8. The predicted molar refractivity (Wildman–Crippen MR) is 134 cm³/mol. The second-order valence-electron chi connectivity index (χ2n) is 9.77. The number of carbonyl (C=O) groups excluding carboxylic acids is 1. The highest BCUT2D eigenvalue weighted by atomic mass is 16.5. The van der Waals surface area contributed by atoms with Crippen molar-refractivity contribution in [2.24, 2.45) is 17.8 Å². The zero-order valence-electron chi connectivity index (χ0n) is 20.0. The van der Waals surface area contributed by atoms with Crippen molar-refractivity contribution in [3.8, 4) is 5.75 Å². The monoisotopic (exact) mass is 446 g/mol. The minimum Gasteiger partial charge on any atom is -0.494 e. The Morgan fingerprint density at radius 1 is 0.939 bits per heavy atom. The van der Waals surface area contributed by atoms with Crippen molar-refractivity contribution in [2.45, 2.75) is 70.8 Å². The molecule has 3 heteroatoms. The molecular weight excluding hydrogens is 408 g/mol. The Kier molecular flexibility index (Phi) is 8.25. The average Bonchev–Trinajstić information content (AvgIpc) is 2.88. The fourth-order valence-corrected chi connectivity index (χ4v) is 5.88. The molecule has 0 aromatic heterocycles. The van der Waals surface area contributed by atoms with Gasteiger partial charge in [0.15, 0.2) is 0 Å². The van der Waals surface area contributed by atoms with E-state index < -0.39 is 0 Å². The maximum atomic E-state index is 13.1. The number of benzene rings is 2. The van der Waals surface area contributed by atoms with Gasteiger partial charge in [0, 0.05) is 0 Å². The molecule has 3 nitrogen and oxygen atoms in total. The third-order valence-corrected chi connectivity index (χ3v) is 7.80. The molecule has 0 aliphatic heterocycles. The summed E-state index contributed by atoms with van der Waals surface area (Å²) in [6, 6.07) is 15.9. The van der Waals surface area contributed by atoms with Gasteiger partial charge in [0.2, 0.25) is 0 Å². The molecular formula is C30H38O3. The van der Waals surface area contributed by atoms with E-state index in [1.807, 2.05) is 49.4 Å². The summed E-state index contributed by atoms with van der Waals surface area (Å²) < 4.78 is 11.4. The molecule has 2 aromatic carbocycles. The van der Waals surface area contributed by atoms with Crippen LogP contribution in [-0.4, -0.2) is 12.6 Å². The van der Waals surface area contributed by atoms with E-state index >= 15 is 0 Å². The largest absolute Gasteiger partial charge is 0.494 e. The highest BCUT2D eigenvalue weighted by Gasteiger charge is 2.32. The lowest BCUT2D eigenvalue weighted by atomic mass is 9.68. The zero-order chi connectivity index (χ0) is 23.0. The van der Waals surface area contributed by atoms with Gasteiger partial charge in [0.05, 0.1) is 12.2 Å². The first-order chi connectivity index (χ1) is 16.2. The number of esters is 1. The lowest BCUT2D eigenvalue weighted by Gasteiger charge is -2.37. The van der Waals surface area contributed by atoms with Crippen molar-refractivity contribution in [1.82, 2.24) is 0 Å². The molecule has 2 aliphatic carbocycles. The topological polar surface area (TPSA) is 35.5 Å². The van der Waals surface area contributed by atoms with Crippen LogP contribution in [0, 0.1) is 17.8 Å². The molecule has 0 N–H and O–H groups in total. The lowest BCUT2D eigenvalue weighted by molar-refractivity contribution is 0.0469. The molecule has 33 heavy (non-hydrogen) atoms. The van der Waals surface area contributed by atoms with Crippen LogP contribution in [0.2, 0.25) is 0 Å². The van der Waals surface area contributed by atoms with Gasteiger partial charge in [-0.3, -0.25) is 0 Å². The van der Waals surface area contributed by atoms with E-state index in [0.717, 1.165) is 47.5 Å². The normalized spacial score (nSPS) is 25.2. The molecule has 2 saturated carbocycles. The molecule has 4 rings (SSSR count). The van der Waals surface area contributed by atoms with Gasteiger partial charge in [0.25, 0.3) is 0 Å². The van der Waals surface area contributed by atoms with Gasteiger partial charge in [-0.05, 0) is 105 Å². The van der Waals surface area contributed by atoms with E-state index in [-0.39, 0.29) is 12.6 Å². The Morgan fingerprint density at radius 2 is 1.61 bits per heavy atom. The number of hydrogen-bond acceptors (Lipinski definition) is 3. The number of hydrogen-bond donors (Lipinski definition) is 0. The molecule has 0 heterocycles. The number of allylic oxidation sites excluding steroid dienone is 1. The Labute approximate surface area is 199 Å². The minimum absolute atomic E-state index is 0.250. The van der Waals surface area contributed by atoms with Crippen molar-refractivity contribution >= 4 is 5.97 Å². The molecule has 0 bridgehead atoms. The Hall–Kier alpha value is -2.55. The van der Waals surface area contributed by atoms with E-state index in [1.165, 1.54) is 38.5 Å². The van der Waals surface area contributed by atoms with Gasteiger partial charge in [0.1, 0.15) is 12.4 Å². The van der Waals surface area contributed by atoms with Crippen LogP contribution in [0.15, 0.2) is 61.2 Å². The van der Waals surface area contributed by atoms with Crippen molar-refractivity contribution in [3.05, 3.63) is 77.9 Å². The second kappa shape index (κ2) is 11.5. The van der Waals surface area contributed by atoms with Crippen LogP contribution in [0.1, 0.15) is 85.7 Å². The summed E-state index contributed by atoms with van der Waals surface area (Å²) in [6.07, 6.45) is 12.3.